The molecule has 0 aliphatic carbocycles. The van der Waals surface area contributed by atoms with E-state index >= 15 is 0 Å². The predicted octanol–water partition coefficient (Wildman–Crippen LogP) is 3.51. The highest BCUT2D eigenvalue weighted by Crippen LogP contribution is 2.26. The zero-order valence-corrected chi connectivity index (χ0v) is 16.5. The SMILES string of the molecule is Cc1ccc(Cl)cc1N(CCCC(=O)NCc1ccccc1)S(C)(=O)=O. The van der Waals surface area contributed by atoms with Gasteiger partial charge in [-0.2, -0.15) is 0 Å². The Morgan fingerprint density at radius 2 is 1.85 bits per heavy atom. The number of halogens is 1. The number of anilines is 1. The van der Waals surface area contributed by atoms with Crippen LogP contribution in [0.5, 0.6) is 0 Å². The molecule has 2 aromatic rings. The second-order valence-corrected chi connectivity index (χ2v) is 8.48. The monoisotopic (exact) mass is 394 g/mol. The van der Waals surface area contributed by atoms with Gasteiger partial charge >= 0.3 is 0 Å². The summed E-state index contributed by atoms with van der Waals surface area (Å²) in [5.74, 6) is -0.106. The van der Waals surface area contributed by atoms with Crippen molar-refractivity contribution in [2.45, 2.75) is 26.3 Å². The lowest BCUT2D eigenvalue weighted by Gasteiger charge is -2.24. The van der Waals surface area contributed by atoms with Crippen LogP contribution >= 0.6 is 11.6 Å². The Kier molecular flexibility index (Phi) is 7.06. The predicted molar refractivity (Wildman–Crippen MR) is 106 cm³/mol. The first kappa shape index (κ1) is 20.3. The van der Waals surface area contributed by atoms with Gasteiger partial charge in [0, 0.05) is 24.5 Å². The van der Waals surface area contributed by atoms with Gasteiger partial charge in [-0.15, -0.1) is 0 Å². The first-order valence-electron chi connectivity index (χ1n) is 8.32. The second-order valence-electron chi connectivity index (χ2n) is 6.13. The molecule has 0 aromatic heterocycles. The van der Waals surface area contributed by atoms with Crippen molar-refractivity contribution in [3.8, 4) is 0 Å². The highest BCUT2D eigenvalue weighted by molar-refractivity contribution is 7.92. The molecule has 0 saturated carbocycles. The van der Waals surface area contributed by atoms with E-state index in [0.29, 0.717) is 23.7 Å². The molecule has 1 amide bonds. The fraction of sp³-hybridized carbons (Fsp3) is 0.316. The summed E-state index contributed by atoms with van der Waals surface area (Å²) >= 11 is 6.01. The molecule has 0 aliphatic rings. The topological polar surface area (TPSA) is 66.5 Å². The van der Waals surface area contributed by atoms with Crippen molar-refractivity contribution < 1.29 is 13.2 Å². The first-order chi connectivity index (χ1) is 12.3. The Morgan fingerprint density at radius 3 is 2.50 bits per heavy atom. The summed E-state index contributed by atoms with van der Waals surface area (Å²) in [5.41, 5.74) is 2.38. The van der Waals surface area contributed by atoms with Crippen LogP contribution in [0.25, 0.3) is 0 Å². The maximum Gasteiger partial charge on any atom is 0.232 e. The van der Waals surface area contributed by atoms with Gasteiger partial charge in [0.1, 0.15) is 0 Å². The number of hydrogen-bond donors (Lipinski definition) is 1. The minimum Gasteiger partial charge on any atom is -0.352 e. The minimum absolute atomic E-state index is 0.106. The van der Waals surface area contributed by atoms with Crippen LogP contribution in [0.15, 0.2) is 48.5 Å². The van der Waals surface area contributed by atoms with E-state index in [0.717, 1.165) is 17.4 Å². The first-order valence-corrected chi connectivity index (χ1v) is 10.5. The molecular weight excluding hydrogens is 372 g/mol. The third-order valence-electron chi connectivity index (χ3n) is 3.94. The quantitative estimate of drug-likeness (QED) is 0.745. The van der Waals surface area contributed by atoms with E-state index in [2.05, 4.69) is 5.32 Å². The molecule has 0 spiro atoms. The van der Waals surface area contributed by atoms with E-state index in [1.807, 2.05) is 37.3 Å². The standard InChI is InChI=1S/C19H23ClN2O3S/c1-15-10-11-17(20)13-18(15)22(26(2,24)25)12-6-9-19(23)21-14-16-7-4-3-5-8-16/h3-5,7-8,10-11,13H,6,9,12,14H2,1-2H3,(H,21,23). The number of sulfonamides is 1. The van der Waals surface area contributed by atoms with Gasteiger partial charge in [-0.25, -0.2) is 8.42 Å². The van der Waals surface area contributed by atoms with E-state index < -0.39 is 10.0 Å². The lowest BCUT2D eigenvalue weighted by Crippen LogP contribution is -2.32. The second kappa shape index (κ2) is 9.05. The maximum absolute atomic E-state index is 12.2. The summed E-state index contributed by atoms with van der Waals surface area (Å²) < 4.78 is 25.6. The van der Waals surface area contributed by atoms with Gasteiger partial charge in [0.15, 0.2) is 0 Å². The van der Waals surface area contributed by atoms with Crippen molar-refractivity contribution in [1.29, 1.82) is 0 Å². The fourth-order valence-electron chi connectivity index (χ4n) is 2.58. The van der Waals surface area contributed by atoms with Crippen LogP contribution in [0.3, 0.4) is 0 Å². The van der Waals surface area contributed by atoms with E-state index in [-0.39, 0.29) is 18.9 Å². The summed E-state index contributed by atoms with van der Waals surface area (Å²) in [6.07, 6.45) is 1.82. The Labute approximate surface area is 160 Å². The molecule has 2 aromatic carbocycles. The molecule has 140 valence electrons. The van der Waals surface area contributed by atoms with Gasteiger partial charge in [-0.05, 0) is 36.6 Å². The molecular formula is C19H23ClN2O3S. The van der Waals surface area contributed by atoms with Gasteiger partial charge in [-0.3, -0.25) is 9.10 Å². The fourth-order valence-corrected chi connectivity index (χ4v) is 3.77. The summed E-state index contributed by atoms with van der Waals surface area (Å²) in [4.78, 5) is 12.0. The molecule has 5 nitrogen and oxygen atoms in total. The largest absolute Gasteiger partial charge is 0.352 e. The van der Waals surface area contributed by atoms with Crippen molar-refractivity contribution >= 4 is 33.2 Å². The summed E-state index contributed by atoms with van der Waals surface area (Å²) in [6.45, 7) is 2.51. The average molecular weight is 395 g/mol. The smallest absolute Gasteiger partial charge is 0.232 e. The molecule has 2 rings (SSSR count). The molecule has 7 heteroatoms. The Morgan fingerprint density at radius 1 is 1.15 bits per heavy atom. The number of benzene rings is 2. The zero-order chi connectivity index (χ0) is 19.2. The maximum atomic E-state index is 12.2. The molecule has 0 heterocycles. The Balaban J connectivity index is 1.94. The minimum atomic E-state index is -3.47. The van der Waals surface area contributed by atoms with E-state index in [4.69, 9.17) is 11.6 Å². The number of nitrogens with one attached hydrogen (secondary N) is 1. The van der Waals surface area contributed by atoms with Gasteiger partial charge in [0.05, 0.1) is 11.9 Å². The van der Waals surface area contributed by atoms with Crippen LogP contribution in [-0.4, -0.2) is 27.1 Å². The van der Waals surface area contributed by atoms with Gasteiger partial charge in [-0.1, -0.05) is 48.0 Å². The molecule has 0 bridgehead atoms. The van der Waals surface area contributed by atoms with Crippen LogP contribution < -0.4 is 9.62 Å². The normalized spacial score (nSPS) is 11.2. The number of aryl methyl sites for hydroxylation is 1. The van der Waals surface area contributed by atoms with Crippen molar-refractivity contribution in [2.24, 2.45) is 0 Å². The van der Waals surface area contributed by atoms with Crippen LogP contribution in [0.1, 0.15) is 24.0 Å². The lowest BCUT2D eigenvalue weighted by atomic mass is 10.2. The molecule has 0 atom stereocenters. The molecule has 0 aliphatic heterocycles. The molecule has 0 radical (unpaired) electrons. The number of carbonyl (C=O) groups is 1. The number of carbonyl (C=O) groups excluding carboxylic acids is 1. The number of hydrogen-bond acceptors (Lipinski definition) is 3. The van der Waals surface area contributed by atoms with E-state index in [1.165, 1.54) is 4.31 Å². The van der Waals surface area contributed by atoms with E-state index in [1.54, 1.807) is 18.2 Å². The third kappa shape index (κ3) is 6.04. The van der Waals surface area contributed by atoms with Crippen LogP contribution in [0.4, 0.5) is 5.69 Å². The van der Waals surface area contributed by atoms with E-state index in [9.17, 15) is 13.2 Å². The van der Waals surface area contributed by atoms with Gasteiger partial charge in [0.2, 0.25) is 15.9 Å². The van der Waals surface area contributed by atoms with Crippen molar-refractivity contribution in [3.63, 3.8) is 0 Å². The average Bonchev–Trinajstić information content (AvgIpc) is 2.59. The summed E-state index contributed by atoms with van der Waals surface area (Å²) in [5, 5.41) is 3.32. The van der Waals surface area contributed by atoms with Crippen LogP contribution in [-0.2, 0) is 21.4 Å². The molecule has 0 unspecified atom stereocenters. The molecule has 0 fully saturated rings. The third-order valence-corrected chi connectivity index (χ3v) is 5.35. The Hall–Kier alpha value is -2.05. The molecule has 0 saturated heterocycles. The highest BCUT2D eigenvalue weighted by atomic mass is 35.5. The van der Waals surface area contributed by atoms with Crippen LogP contribution in [0.2, 0.25) is 5.02 Å². The van der Waals surface area contributed by atoms with Gasteiger partial charge < -0.3 is 5.32 Å². The summed E-state index contributed by atoms with van der Waals surface area (Å²) in [6, 6.07) is 14.8. The van der Waals surface area contributed by atoms with Crippen molar-refractivity contribution in [3.05, 3.63) is 64.7 Å². The Bertz CT molecular complexity index is 854. The lowest BCUT2D eigenvalue weighted by molar-refractivity contribution is -0.121. The number of amides is 1. The molecule has 26 heavy (non-hydrogen) atoms. The van der Waals surface area contributed by atoms with Gasteiger partial charge in [0.25, 0.3) is 0 Å². The molecule has 1 N–H and O–H groups in total. The van der Waals surface area contributed by atoms with Crippen LogP contribution in [0, 0.1) is 6.92 Å². The van der Waals surface area contributed by atoms with Crippen molar-refractivity contribution in [2.75, 3.05) is 17.1 Å². The zero-order valence-electron chi connectivity index (χ0n) is 14.9. The number of nitrogens with zero attached hydrogens (tertiary/aromatic N) is 1. The highest BCUT2D eigenvalue weighted by Gasteiger charge is 2.19. The van der Waals surface area contributed by atoms with Crippen molar-refractivity contribution in [1.82, 2.24) is 5.32 Å². The summed E-state index contributed by atoms with van der Waals surface area (Å²) in [7, 11) is -3.47. The number of rotatable bonds is 8.